The Morgan fingerprint density at radius 3 is 2.46 bits per heavy atom. The Bertz CT molecular complexity index is 119. The Morgan fingerprint density at radius 1 is 0.923 bits per heavy atom. The Balaban J connectivity index is 1.97. The normalized spacial score (nSPS) is 29.5. The molecule has 1 heterocycles. The molecule has 1 aliphatic heterocycles. The van der Waals surface area contributed by atoms with Gasteiger partial charge in [-0.1, -0.05) is 25.7 Å². The van der Waals surface area contributed by atoms with Crippen LogP contribution in [0.25, 0.3) is 0 Å². The van der Waals surface area contributed by atoms with E-state index in [1.54, 1.807) is 0 Å². The summed E-state index contributed by atoms with van der Waals surface area (Å²) < 4.78 is 0. The van der Waals surface area contributed by atoms with Gasteiger partial charge in [0.05, 0.1) is 0 Å². The molecule has 0 bridgehead atoms. The fourth-order valence-electron chi connectivity index (χ4n) is 2.62. The molecule has 2 rings (SSSR count). The second kappa shape index (κ2) is 4.43. The van der Waals surface area contributed by atoms with E-state index in [0.29, 0.717) is 5.54 Å². The maximum atomic E-state index is 4.91. The van der Waals surface area contributed by atoms with E-state index in [9.17, 15) is 0 Å². The second-order valence-corrected chi connectivity index (χ2v) is 4.55. The molecule has 2 heteroatoms. The SMILES string of the molecule is C1CCCC2(CC1)CNCCC[N]2. The van der Waals surface area contributed by atoms with Gasteiger partial charge < -0.3 is 5.32 Å². The van der Waals surface area contributed by atoms with E-state index in [1.165, 1.54) is 51.5 Å². The van der Waals surface area contributed by atoms with E-state index in [-0.39, 0.29) is 0 Å². The molecule has 0 atom stereocenters. The predicted octanol–water partition coefficient (Wildman–Crippen LogP) is 1.68. The Hall–Kier alpha value is -0.0800. The quantitative estimate of drug-likeness (QED) is 0.604. The summed E-state index contributed by atoms with van der Waals surface area (Å²) in [7, 11) is 0. The minimum atomic E-state index is 0.340. The molecule has 0 aromatic carbocycles. The van der Waals surface area contributed by atoms with Crippen molar-refractivity contribution in [2.75, 3.05) is 19.6 Å². The highest BCUT2D eigenvalue weighted by molar-refractivity contribution is 4.92. The van der Waals surface area contributed by atoms with E-state index < -0.39 is 0 Å². The predicted molar refractivity (Wildman–Crippen MR) is 54.9 cm³/mol. The summed E-state index contributed by atoms with van der Waals surface area (Å²) >= 11 is 0. The van der Waals surface area contributed by atoms with Crippen molar-refractivity contribution in [3.63, 3.8) is 0 Å². The first-order valence-electron chi connectivity index (χ1n) is 5.81. The van der Waals surface area contributed by atoms with Gasteiger partial charge in [0.1, 0.15) is 0 Å². The van der Waals surface area contributed by atoms with E-state index in [0.717, 1.165) is 13.1 Å². The first kappa shape index (κ1) is 9.47. The highest BCUT2D eigenvalue weighted by atomic mass is 15.1. The van der Waals surface area contributed by atoms with Crippen molar-refractivity contribution >= 4 is 0 Å². The topological polar surface area (TPSA) is 26.1 Å². The van der Waals surface area contributed by atoms with Crippen molar-refractivity contribution in [2.45, 2.75) is 50.5 Å². The van der Waals surface area contributed by atoms with Crippen molar-refractivity contribution in [3.05, 3.63) is 0 Å². The summed E-state index contributed by atoms with van der Waals surface area (Å²) in [6.07, 6.45) is 9.55. The number of rotatable bonds is 0. The lowest BCUT2D eigenvalue weighted by Crippen LogP contribution is -2.45. The number of nitrogens with zero attached hydrogens (tertiary/aromatic N) is 1. The number of hydrogen-bond donors (Lipinski definition) is 1. The first-order chi connectivity index (χ1) is 6.41. The zero-order valence-corrected chi connectivity index (χ0v) is 8.52. The lowest BCUT2D eigenvalue weighted by Gasteiger charge is -2.30. The van der Waals surface area contributed by atoms with Gasteiger partial charge in [-0.3, -0.25) is 0 Å². The van der Waals surface area contributed by atoms with Crippen LogP contribution in [0.2, 0.25) is 0 Å². The van der Waals surface area contributed by atoms with Gasteiger partial charge in [0, 0.05) is 18.6 Å². The van der Waals surface area contributed by atoms with Crippen LogP contribution in [0.5, 0.6) is 0 Å². The monoisotopic (exact) mass is 181 g/mol. The second-order valence-electron chi connectivity index (χ2n) is 4.55. The third-order valence-electron chi connectivity index (χ3n) is 3.45. The van der Waals surface area contributed by atoms with Gasteiger partial charge in [0.15, 0.2) is 0 Å². The average molecular weight is 181 g/mol. The lowest BCUT2D eigenvalue weighted by molar-refractivity contribution is 0.287. The summed E-state index contributed by atoms with van der Waals surface area (Å²) in [4.78, 5) is 0. The van der Waals surface area contributed by atoms with Crippen molar-refractivity contribution in [1.29, 1.82) is 0 Å². The molecule has 75 valence electrons. The summed E-state index contributed by atoms with van der Waals surface area (Å²) in [5, 5.41) is 8.45. The maximum absolute atomic E-state index is 4.91. The maximum Gasteiger partial charge on any atom is 0.0481 e. The standard InChI is InChI=1S/C11H21N2/c1-2-4-7-11(6-3-1)10-12-8-5-9-13-11/h12H,1-10H2. The molecule has 1 N–H and O–H groups in total. The van der Waals surface area contributed by atoms with E-state index in [2.05, 4.69) is 5.32 Å². The number of nitrogens with one attached hydrogen (secondary N) is 1. The Morgan fingerprint density at radius 2 is 1.69 bits per heavy atom. The molecule has 2 nitrogen and oxygen atoms in total. The molecule has 1 spiro atoms. The molecule has 1 saturated heterocycles. The Kier molecular flexibility index (Phi) is 3.23. The zero-order chi connectivity index (χ0) is 8.99. The molecule has 0 amide bonds. The van der Waals surface area contributed by atoms with Crippen molar-refractivity contribution < 1.29 is 0 Å². The summed E-state index contributed by atoms with van der Waals surface area (Å²) in [6, 6.07) is 0. The fourth-order valence-corrected chi connectivity index (χ4v) is 2.62. The van der Waals surface area contributed by atoms with Crippen LogP contribution in [0, 0.1) is 0 Å². The molecule has 0 aromatic rings. The fraction of sp³-hybridized carbons (Fsp3) is 1.00. The van der Waals surface area contributed by atoms with Crippen LogP contribution in [0.15, 0.2) is 0 Å². The molecule has 13 heavy (non-hydrogen) atoms. The van der Waals surface area contributed by atoms with Crippen LogP contribution in [-0.2, 0) is 0 Å². The third kappa shape index (κ3) is 2.44. The van der Waals surface area contributed by atoms with Crippen molar-refractivity contribution in [2.24, 2.45) is 0 Å². The van der Waals surface area contributed by atoms with E-state index in [4.69, 9.17) is 5.32 Å². The summed E-state index contributed by atoms with van der Waals surface area (Å²) in [6.45, 7) is 3.41. The molecule has 0 aromatic heterocycles. The molecule has 1 aliphatic carbocycles. The number of hydrogen-bond acceptors (Lipinski definition) is 1. The molecule has 1 radical (unpaired) electrons. The molecule has 1 saturated carbocycles. The highest BCUT2D eigenvalue weighted by Crippen LogP contribution is 2.28. The van der Waals surface area contributed by atoms with Crippen LogP contribution in [0.4, 0.5) is 0 Å². The van der Waals surface area contributed by atoms with Gasteiger partial charge in [0.25, 0.3) is 0 Å². The summed E-state index contributed by atoms with van der Waals surface area (Å²) in [5.41, 5.74) is 0.340. The molecule has 2 fully saturated rings. The molecule has 0 unspecified atom stereocenters. The zero-order valence-electron chi connectivity index (χ0n) is 8.52. The Labute approximate surface area is 81.5 Å². The largest absolute Gasteiger partial charge is 0.315 e. The van der Waals surface area contributed by atoms with Crippen molar-refractivity contribution in [3.8, 4) is 0 Å². The van der Waals surface area contributed by atoms with Gasteiger partial charge >= 0.3 is 0 Å². The lowest BCUT2D eigenvalue weighted by atomic mass is 9.90. The van der Waals surface area contributed by atoms with Crippen LogP contribution >= 0.6 is 0 Å². The smallest absolute Gasteiger partial charge is 0.0481 e. The average Bonchev–Trinajstić information content (AvgIpc) is 2.50. The van der Waals surface area contributed by atoms with Crippen LogP contribution < -0.4 is 10.6 Å². The van der Waals surface area contributed by atoms with Gasteiger partial charge in [-0.25, -0.2) is 5.32 Å². The van der Waals surface area contributed by atoms with Crippen molar-refractivity contribution in [1.82, 2.24) is 10.6 Å². The summed E-state index contributed by atoms with van der Waals surface area (Å²) in [5.74, 6) is 0. The minimum absolute atomic E-state index is 0.340. The van der Waals surface area contributed by atoms with Crippen LogP contribution in [0.3, 0.4) is 0 Å². The van der Waals surface area contributed by atoms with E-state index in [1.807, 2.05) is 0 Å². The van der Waals surface area contributed by atoms with Crippen LogP contribution in [-0.4, -0.2) is 25.2 Å². The van der Waals surface area contributed by atoms with Gasteiger partial charge in [0.2, 0.25) is 0 Å². The van der Waals surface area contributed by atoms with Gasteiger partial charge in [-0.2, -0.15) is 0 Å². The van der Waals surface area contributed by atoms with Gasteiger partial charge in [-0.15, -0.1) is 0 Å². The molecular weight excluding hydrogens is 160 g/mol. The van der Waals surface area contributed by atoms with E-state index >= 15 is 0 Å². The first-order valence-corrected chi connectivity index (χ1v) is 5.81. The third-order valence-corrected chi connectivity index (χ3v) is 3.45. The molecule has 2 aliphatic rings. The molecular formula is C11H21N2. The minimum Gasteiger partial charge on any atom is -0.315 e. The van der Waals surface area contributed by atoms with Crippen LogP contribution in [0.1, 0.15) is 44.9 Å². The highest BCUT2D eigenvalue weighted by Gasteiger charge is 2.31. The van der Waals surface area contributed by atoms with Gasteiger partial charge in [-0.05, 0) is 25.8 Å².